The van der Waals surface area contributed by atoms with E-state index in [1.54, 1.807) is 6.92 Å². The molecule has 1 fully saturated rings. The molecule has 0 radical (unpaired) electrons. The van der Waals surface area contributed by atoms with E-state index in [-0.39, 0.29) is 16.6 Å². The van der Waals surface area contributed by atoms with E-state index >= 15 is 0 Å². The summed E-state index contributed by atoms with van der Waals surface area (Å²) in [7, 11) is 0. The summed E-state index contributed by atoms with van der Waals surface area (Å²) >= 11 is 0. The third-order valence-corrected chi connectivity index (χ3v) is 4.06. The predicted octanol–water partition coefficient (Wildman–Crippen LogP) is 3.31. The molecular weight excluding hydrogens is 239 g/mol. The van der Waals surface area contributed by atoms with Crippen LogP contribution >= 0.6 is 0 Å². The topological polar surface area (TPSA) is 35.8 Å². The van der Waals surface area contributed by atoms with Crippen molar-refractivity contribution in [1.82, 2.24) is 5.32 Å². The Morgan fingerprint density at radius 3 is 2.63 bits per heavy atom. The monoisotopic (exact) mass is 260 g/mol. The number of nitriles is 1. The first kappa shape index (κ1) is 14.0. The lowest BCUT2D eigenvalue weighted by Crippen LogP contribution is -2.36. The van der Waals surface area contributed by atoms with Gasteiger partial charge in [0.25, 0.3) is 0 Å². The average Bonchev–Trinajstić information content (AvgIpc) is 3.13. The van der Waals surface area contributed by atoms with Gasteiger partial charge in [-0.05, 0) is 37.0 Å². The number of aryl methyl sites for hydroxylation is 1. The van der Waals surface area contributed by atoms with Gasteiger partial charge in [-0.3, -0.25) is 0 Å². The summed E-state index contributed by atoms with van der Waals surface area (Å²) in [5.41, 5.74) is 1.63. The molecule has 1 aromatic carbocycles. The lowest BCUT2D eigenvalue weighted by atomic mass is 9.83. The van der Waals surface area contributed by atoms with Crippen molar-refractivity contribution in [3.05, 3.63) is 35.1 Å². The summed E-state index contributed by atoms with van der Waals surface area (Å²) in [6.45, 7) is 7.61. The Hall–Kier alpha value is -1.40. The van der Waals surface area contributed by atoms with Crippen molar-refractivity contribution in [3.63, 3.8) is 0 Å². The molecular formula is C16H21FN2. The van der Waals surface area contributed by atoms with Crippen molar-refractivity contribution < 1.29 is 4.39 Å². The molecule has 1 aromatic rings. The molecule has 3 heteroatoms. The first-order valence-electron chi connectivity index (χ1n) is 6.77. The van der Waals surface area contributed by atoms with Crippen LogP contribution in [0.25, 0.3) is 0 Å². The molecule has 1 saturated carbocycles. The third-order valence-electron chi connectivity index (χ3n) is 4.06. The minimum absolute atomic E-state index is 0.0655. The summed E-state index contributed by atoms with van der Waals surface area (Å²) in [6.07, 6.45) is 2.01. The first-order valence-corrected chi connectivity index (χ1v) is 6.77. The normalized spacial score (nSPS) is 17.0. The summed E-state index contributed by atoms with van der Waals surface area (Å²) in [5, 5.41) is 12.4. The van der Waals surface area contributed by atoms with Crippen LogP contribution in [0.3, 0.4) is 0 Å². The van der Waals surface area contributed by atoms with Gasteiger partial charge in [0, 0.05) is 18.5 Å². The Morgan fingerprint density at radius 2 is 2.11 bits per heavy atom. The molecule has 0 unspecified atom stereocenters. The Labute approximate surface area is 114 Å². The number of halogens is 1. The predicted molar refractivity (Wildman–Crippen MR) is 74.3 cm³/mol. The molecule has 19 heavy (non-hydrogen) atoms. The van der Waals surface area contributed by atoms with Gasteiger partial charge in [-0.1, -0.05) is 26.0 Å². The third kappa shape index (κ3) is 3.13. The lowest BCUT2D eigenvalue weighted by molar-refractivity contribution is 0.442. The highest BCUT2D eigenvalue weighted by Crippen LogP contribution is 2.44. The van der Waals surface area contributed by atoms with Gasteiger partial charge in [0.15, 0.2) is 0 Å². The fourth-order valence-corrected chi connectivity index (χ4v) is 2.26. The second-order valence-corrected chi connectivity index (χ2v) is 6.34. The minimum Gasteiger partial charge on any atom is -0.314 e. The van der Waals surface area contributed by atoms with Crippen LogP contribution in [0.2, 0.25) is 0 Å². The molecule has 0 bridgehead atoms. The van der Waals surface area contributed by atoms with Gasteiger partial charge in [-0.15, -0.1) is 0 Å². The molecule has 1 N–H and O–H groups in total. The van der Waals surface area contributed by atoms with E-state index in [0.29, 0.717) is 5.56 Å². The van der Waals surface area contributed by atoms with E-state index in [1.807, 2.05) is 12.1 Å². The highest BCUT2D eigenvalue weighted by molar-refractivity contribution is 5.30. The maximum absolute atomic E-state index is 13.3. The van der Waals surface area contributed by atoms with Gasteiger partial charge in [0.05, 0.1) is 11.5 Å². The zero-order chi connectivity index (χ0) is 14.1. The fraction of sp³-hybridized carbons (Fsp3) is 0.562. The molecule has 0 saturated heterocycles. The molecule has 0 spiro atoms. The Balaban J connectivity index is 1.97. The van der Waals surface area contributed by atoms with E-state index in [1.165, 1.54) is 6.07 Å². The zero-order valence-corrected chi connectivity index (χ0v) is 11.9. The molecule has 0 aliphatic heterocycles. The Morgan fingerprint density at radius 1 is 1.42 bits per heavy atom. The highest BCUT2D eigenvalue weighted by Gasteiger charge is 2.42. The standard InChI is InChI=1S/C16H21FN2/c1-12-8-13(4-5-14(12)17)15(2,3)10-19-11-16(9-18)6-7-16/h4-5,8,19H,6-7,10-11H2,1-3H3. The quantitative estimate of drug-likeness (QED) is 0.881. The molecule has 2 rings (SSSR count). The highest BCUT2D eigenvalue weighted by atomic mass is 19.1. The van der Waals surface area contributed by atoms with Gasteiger partial charge in [0.1, 0.15) is 5.82 Å². The molecule has 1 aliphatic carbocycles. The average molecular weight is 260 g/mol. The molecule has 0 heterocycles. The molecule has 2 nitrogen and oxygen atoms in total. The van der Waals surface area contributed by atoms with Gasteiger partial charge < -0.3 is 5.32 Å². The van der Waals surface area contributed by atoms with Crippen molar-refractivity contribution in [2.24, 2.45) is 5.41 Å². The van der Waals surface area contributed by atoms with Crippen LogP contribution in [0, 0.1) is 29.5 Å². The largest absolute Gasteiger partial charge is 0.314 e. The molecule has 0 aromatic heterocycles. The number of hydrogen-bond acceptors (Lipinski definition) is 2. The van der Waals surface area contributed by atoms with Crippen molar-refractivity contribution in [2.45, 2.75) is 39.0 Å². The van der Waals surface area contributed by atoms with Crippen LogP contribution in [0.1, 0.15) is 37.8 Å². The summed E-state index contributed by atoms with van der Waals surface area (Å²) in [5.74, 6) is -0.158. The minimum atomic E-state index is -0.158. The number of hydrogen-bond donors (Lipinski definition) is 1. The number of rotatable bonds is 5. The molecule has 0 atom stereocenters. The second-order valence-electron chi connectivity index (χ2n) is 6.34. The van der Waals surface area contributed by atoms with Gasteiger partial charge in [-0.2, -0.15) is 5.26 Å². The van der Waals surface area contributed by atoms with Crippen molar-refractivity contribution in [2.75, 3.05) is 13.1 Å². The summed E-state index contributed by atoms with van der Waals surface area (Å²) < 4.78 is 13.3. The second kappa shape index (κ2) is 4.94. The van der Waals surface area contributed by atoms with Crippen LogP contribution in [0.5, 0.6) is 0 Å². The Kier molecular flexibility index (Phi) is 3.64. The van der Waals surface area contributed by atoms with Crippen LogP contribution in [-0.2, 0) is 5.41 Å². The molecule has 102 valence electrons. The number of nitrogens with zero attached hydrogens (tertiary/aromatic N) is 1. The van der Waals surface area contributed by atoms with E-state index in [4.69, 9.17) is 5.26 Å². The lowest BCUT2D eigenvalue weighted by Gasteiger charge is -2.27. The smallest absolute Gasteiger partial charge is 0.126 e. The molecule has 1 aliphatic rings. The SMILES string of the molecule is Cc1cc(C(C)(C)CNCC2(C#N)CC2)ccc1F. The van der Waals surface area contributed by atoms with Crippen molar-refractivity contribution in [1.29, 1.82) is 5.26 Å². The van der Waals surface area contributed by atoms with Gasteiger partial charge >= 0.3 is 0 Å². The van der Waals surface area contributed by atoms with Crippen LogP contribution in [0.15, 0.2) is 18.2 Å². The number of benzene rings is 1. The van der Waals surface area contributed by atoms with Crippen molar-refractivity contribution >= 4 is 0 Å². The Bertz CT molecular complexity index is 510. The maximum atomic E-state index is 13.3. The first-order chi connectivity index (χ1) is 8.88. The summed E-state index contributed by atoms with van der Waals surface area (Å²) in [6, 6.07) is 7.67. The van der Waals surface area contributed by atoms with E-state index in [2.05, 4.69) is 25.2 Å². The van der Waals surface area contributed by atoms with E-state index in [0.717, 1.165) is 31.5 Å². The van der Waals surface area contributed by atoms with Crippen LogP contribution in [-0.4, -0.2) is 13.1 Å². The van der Waals surface area contributed by atoms with Gasteiger partial charge in [-0.25, -0.2) is 4.39 Å². The van der Waals surface area contributed by atoms with Crippen LogP contribution in [0.4, 0.5) is 4.39 Å². The zero-order valence-electron chi connectivity index (χ0n) is 11.9. The van der Waals surface area contributed by atoms with Crippen LogP contribution < -0.4 is 5.32 Å². The number of nitrogens with one attached hydrogen (secondary N) is 1. The fourth-order valence-electron chi connectivity index (χ4n) is 2.26. The molecule has 0 amide bonds. The van der Waals surface area contributed by atoms with E-state index < -0.39 is 0 Å². The maximum Gasteiger partial charge on any atom is 0.126 e. The van der Waals surface area contributed by atoms with Gasteiger partial charge in [0.2, 0.25) is 0 Å². The van der Waals surface area contributed by atoms with Crippen molar-refractivity contribution in [3.8, 4) is 6.07 Å². The summed E-state index contributed by atoms with van der Waals surface area (Å²) in [4.78, 5) is 0. The van der Waals surface area contributed by atoms with E-state index in [9.17, 15) is 4.39 Å².